The SMILES string of the molecule is CC1(C(=O)O)CC(N)CCO1.Cl. The molecule has 0 aromatic heterocycles. The van der Waals surface area contributed by atoms with Crippen LogP contribution in [0.4, 0.5) is 0 Å². The van der Waals surface area contributed by atoms with E-state index in [1.165, 1.54) is 0 Å². The fourth-order valence-corrected chi connectivity index (χ4v) is 1.25. The van der Waals surface area contributed by atoms with Gasteiger partial charge >= 0.3 is 5.97 Å². The summed E-state index contributed by atoms with van der Waals surface area (Å²) in [4.78, 5) is 10.6. The Balaban J connectivity index is 0.00000121. The van der Waals surface area contributed by atoms with Crippen LogP contribution in [0.1, 0.15) is 19.8 Å². The van der Waals surface area contributed by atoms with E-state index in [9.17, 15) is 4.79 Å². The van der Waals surface area contributed by atoms with Crippen molar-refractivity contribution in [3.05, 3.63) is 0 Å². The Kier molecular flexibility index (Phi) is 3.96. The first-order chi connectivity index (χ1) is 5.04. The van der Waals surface area contributed by atoms with Gasteiger partial charge in [-0.15, -0.1) is 12.4 Å². The van der Waals surface area contributed by atoms with Crippen molar-refractivity contribution in [2.75, 3.05) is 6.61 Å². The van der Waals surface area contributed by atoms with Gasteiger partial charge in [-0.25, -0.2) is 4.79 Å². The Labute approximate surface area is 77.5 Å². The molecule has 1 saturated heterocycles. The Hall–Kier alpha value is -0.320. The molecule has 2 unspecified atom stereocenters. The van der Waals surface area contributed by atoms with Crippen molar-refractivity contribution in [1.29, 1.82) is 0 Å². The van der Waals surface area contributed by atoms with E-state index in [1.807, 2.05) is 0 Å². The Morgan fingerprint density at radius 3 is 2.67 bits per heavy atom. The summed E-state index contributed by atoms with van der Waals surface area (Å²) in [7, 11) is 0. The number of carboxylic acid groups (broad SMARTS) is 1. The Morgan fingerprint density at radius 1 is 1.75 bits per heavy atom. The summed E-state index contributed by atoms with van der Waals surface area (Å²) < 4.78 is 5.12. The van der Waals surface area contributed by atoms with Gasteiger partial charge in [-0.05, 0) is 13.3 Å². The summed E-state index contributed by atoms with van der Waals surface area (Å²) in [5, 5.41) is 8.73. The largest absolute Gasteiger partial charge is 0.479 e. The van der Waals surface area contributed by atoms with Crippen molar-refractivity contribution in [3.63, 3.8) is 0 Å². The number of nitrogens with two attached hydrogens (primary N) is 1. The minimum Gasteiger partial charge on any atom is -0.479 e. The lowest BCUT2D eigenvalue weighted by Crippen LogP contribution is -2.48. The second-order valence-corrected chi connectivity index (χ2v) is 3.14. The maximum Gasteiger partial charge on any atom is 0.335 e. The summed E-state index contributed by atoms with van der Waals surface area (Å²) in [6, 6.07) is -0.0372. The Morgan fingerprint density at radius 2 is 2.33 bits per heavy atom. The zero-order valence-electron chi connectivity index (χ0n) is 6.95. The van der Waals surface area contributed by atoms with E-state index in [2.05, 4.69) is 0 Å². The molecule has 1 fully saturated rings. The van der Waals surface area contributed by atoms with Gasteiger partial charge in [-0.2, -0.15) is 0 Å². The van der Waals surface area contributed by atoms with E-state index in [0.717, 1.165) is 6.42 Å². The van der Waals surface area contributed by atoms with E-state index in [0.29, 0.717) is 13.0 Å². The molecule has 12 heavy (non-hydrogen) atoms. The molecule has 1 aliphatic rings. The summed E-state index contributed by atoms with van der Waals surface area (Å²) >= 11 is 0. The van der Waals surface area contributed by atoms with Crippen LogP contribution in [0.5, 0.6) is 0 Å². The van der Waals surface area contributed by atoms with E-state index < -0.39 is 11.6 Å². The van der Waals surface area contributed by atoms with Crippen LogP contribution in [0.25, 0.3) is 0 Å². The second kappa shape index (κ2) is 4.07. The number of hydrogen-bond donors (Lipinski definition) is 2. The molecule has 3 N–H and O–H groups in total. The van der Waals surface area contributed by atoms with Crippen molar-refractivity contribution in [2.24, 2.45) is 5.73 Å². The highest BCUT2D eigenvalue weighted by Gasteiger charge is 2.38. The van der Waals surface area contributed by atoms with E-state index in [1.54, 1.807) is 6.92 Å². The number of halogens is 1. The smallest absolute Gasteiger partial charge is 0.335 e. The molecule has 2 atom stereocenters. The van der Waals surface area contributed by atoms with Gasteiger partial charge in [0.25, 0.3) is 0 Å². The van der Waals surface area contributed by atoms with Gasteiger partial charge < -0.3 is 15.6 Å². The number of ether oxygens (including phenoxy) is 1. The molecule has 0 bridgehead atoms. The molecule has 0 aromatic carbocycles. The predicted molar refractivity (Wildman–Crippen MR) is 46.5 cm³/mol. The third kappa shape index (κ3) is 2.33. The zero-order chi connectivity index (χ0) is 8.48. The van der Waals surface area contributed by atoms with Gasteiger partial charge in [0.2, 0.25) is 0 Å². The molecule has 1 aliphatic heterocycles. The molecule has 0 spiro atoms. The van der Waals surface area contributed by atoms with Crippen molar-refractivity contribution in [1.82, 2.24) is 0 Å². The highest BCUT2D eigenvalue weighted by molar-refractivity contribution is 5.85. The lowest BCUT2D eigenvalue weighted by molar-refractivity contribution is -0.170. The first kappa shape index (κ1) is 11.7. The maximum absolute atomic E-state index is 10.6. The lowest BCUT2D eigenvalue weighted by atomic mass is 9.93. The summed E-state index contributed by atoms with van der Waals surface area (Å²) in [5.41, 5.74) is 4.55. The molecule has 4 nitrogen and oxygen atoms in total. The lowest BCUT2D eigenvalue weighted by Gasteiger charge is -2.32. The summed E-state index contributed by atoms with van der Waals surface area (Å²) in [6.07, 6.45) is 1.16. The van der Waals surface area contributed by atoms with Crippen LogP contribution in [0, 0.1) is 0 Å². The number of aliphatic carboxylic acids is 1. The van der Waals surface area contributed by atoms with Gasteiger partial charge in [0.05, 0.1) is 0 Å². The quantitative estimate of drug-likeness (QED) is 0.635. The van der Waals surface area contributed by atoms with Crippen molar-refractivity contribution >= 4 is 18.4 Å². The fraction of sp³-hybridized carbons (Fsp3) is 0.857. The van der Waals surface area contributed by atoms with Gasteiger partial charge in [-0.3, -0.25) is 0 Å². The number of rotatable bonds is 1. The van der Waals surface area contributed by atoms with Crippen LogP contribution in [0.2, 0.25) is 0 Å². The molecular weight excluding hydrogens is 182 g/mol. The highest BCUT2D eigenvalue weighted by atomic mass is 35.5. The fourth-order valence-electron chi connectivity index (χ4n) is 1.25. The van der Waals surface area contributed by atoms with Gasteiger partial charge in [0.15, 0.2) is 5.60 Å². The monoisotopic (exact) mass is 195 g/mol. The zero-order valence-corrected chi connectivity index (χ0v) is 7.76. The molecule has 0 aliphatic carbocycles. The van der Waals surface area contributed by atoms with E-state index in [-0.39, 0.29) is 18.4 Å². The normalized spacial score (nSPS) is 35.3. The van der Waals surface area contributed by atoms with Crippen LogP contribution in [0.3, 0.4) is 0 Å². The number of carbonyl (C=O) groups is 1. The number of carboxylic acids is 1. The molecule has 0 amide bonds. The van der Waals surface area contributed by atoms with Gasteiger partial charge in [0.1, 0.15) is 0 Å². The third-order valence-electron chi connectivity index (χ3n) is 2.01. The maximum atomic E-state index is 10.6. The van der Waals surface area contributed by atoms with Crippen LogP contribution in [-0.2, 0) is 9.53 Å². The van der Waals surface area contributed by atoms with Crippen molar-refractivity contribution in [3.8, 4) is 0 Å². The molecule has 0 radical (unpaired) electrons. The Bertz CT molecular complexity index is 176. The molecule has 0 saturated carbocycles. The van der Waals surface area contributed by atoms with Crippen LogP contribution in [0.15, 0.2) is 0 Å². The molecule has 1 heterocycles. The average molecular weight is 196 g/mol. The second-order valence-electron chi connectivity index (χ2n) is 3.14. The van der Waals surface area contributed by atoms with Crippen LogP contribution in [-0.4, -0.2) is 29.3 Å². The molecular formula is C7H14ClNO3. The minimum atomic E-state index is -1.06. The van der Waals surface area contributed by atoms with Crippen LogP contribution >= 0.6 is 12.4 Å². The standard InChI is InChI=1S/C7H13NO3.ClH/c1-7(6(9)10)4-5(8)2-3-11-7;/h5H,2-4,8H2,1H3,(H,9,10);1H. The predicted octanol–water partition coefficient (Wildman–Crippen LogP) is 0.389. The first-order valence-electron chi connectivity index (χ1n) is 3.67. The minimum absolute atomic E-state index is 0. The van der Waals surface area contributed by atoms with Gasteiger partial charge in [-0.1, -0.05) is 0 Å². The topological polar surface area (TPSA) is 72.5 Å². The van der Waals surface area contributed by atoms with Gasteiger partial charge in [0, 0.05) is 19.1 Å². The molecule has 1 rings (SSSR count). The molecule has 0 aromatic rings. The highest BCUT2D eigenvalue weighted by Crippen LogP contribution is 2.23. The van der Waals surface area contributed by atoms with E-state index >= 15 is 0 Å². The summed E-state index contributed by atoms with van der Waals surface area (Å²) in [5.74, 6) is -0.923. The third-order valence-corrected chi connectivity index (χ3v) is 2.01. The first-order valence-corrected chi connectivity index (χ1v) is 3.67. The van der Waals surface area contributed by atoms with Crippen molar-refractivity contribution < 1.29 is 14.6 Å². The van der Waals surface area contributed by atoms with E-state index in [4.69, 9.17) is 15.6 Å². The number of hydrogen-bond acceptors (Lipinski definition) is 3. The van der Waals surface area contributed by atoms with Crippen molar-refractivity contribution in [2.45, 2.75) is 31.4 Å². The molecule has 72 valence electrons. The average Bonchev–Trinajstić information content (AvgIpc) is 1.86. The summed E-state index contributed by atoms with van der Waals surface area (Å²) in [6.45, 7) is 2.01. The molecule has 5 heteroatoms. The van der Waals surface area contributed by atoms with Crippen LogP contribution < -0.4 is 5.73 Å².